The van der Waals surface area contributed by atoms with Gasteiger partial charge in [-0.2, -0.15) is 0 Å². The summed E-state index contributed by atoms with van der Waals surface area (Å²) < 4.78 is 33.4. The molecule has 0 radical (unpaired) electrons. The van der Waals surface area contributed by atoms with Crippen LogP contribution in [0.1, 0.15) is 22.8 Å². The third-order valence-electron chi connectivity index (χ3n) is 5.02. The van der Waals surface area contributed by atoms with Gasteiger partial charge in [0.15, 0.2) is 23.3 Å². The van der Waals surface area contributed by atoms with Crippen molar-refractivity contribution in [2.45, 2.75) is 11.7 Å². The minimum Gasteiger partial charge on any atom is -0.478 e. The van der Waals surface area contributed by atoms with Gasteiger partial charge in [0.1, 0.15) is 5.82 Å². The van der Waals surface area contributed by atoms with Crippen LogP contribution in [0, 0.1) is 11.6 Å². The Morgan fingerprint density at radius 1 is 1.21 bits per heavy atom. The van der Waals surface area contributed by atoms with Crippen LogP contribution in [0.4, 0.5) is 14.5 Å². The average molecular weight is 413 g/mol. The van der Waals surface area contributed by atoms with E-state index in [0.717, 1.165) is 35.8 Å². The Kier molecular flexibility index (Phi) is 4.50. The first kappa shape index (κ1) is 18.2. The number of anilines is 1. The van der Waals surface area contributed by atoms with Crippen molar-refractivity contribution in [2.24, 2.45) is 4.99 Å². The fourth-order valence-corrected chi connectivity index (χ4v) is 4.94. The zero-order valence-electron chi connectivity index (χ0n) is 15.3. The molecule has 3 aliphatic heterocycles. The van der Waals surface area contributed by atoms with Crippen molar-refractivity contribution in [1.29, 1.82) is 0 Å². The quantitative estimate of drug-likeness (QED) is 0.802. The van der Waals surface area contributed by atoms with Crippen molar-refractivity contribution in [2.75, 3.05) is 25.0 Å². The summed E-state index contributed by atoms with van der Waals surface area (Å²) in [6, 6.07) is 9.46. The van der Waals surface area contributed by atoms with E-state index in [-0.39, 0.29) is 29.3 Å². The van der Waals surface area contributed by atoms with Crippen LogP contribution in [0.5, 0.6) is 5.75 Å². The van der Waals surface area contributed by atoms with E-state index >= 15 is 0 Å². The standard InChI is InChI=1S/C21H17F2N3O2S/c22-14-4-2-12(3-5-14)20-15(10-26-7-1-6-24-21(26)29-20)13-8-16(23)19-17(9-13)25-18(27)11-28-19/h2-5,8-10,20H,1,6-7,11H2,(H,25,27). The van der Waals surface area contributed by atoms with Gasteiger partial charge in [0.05, 0.1) is 10.9 Å². The monoisotopic (exact) mass is 413 g/mol. The number of aliphatic imine (C=N–C) groups is 1. The molecule has 8 heteroatoms. The van der Waals surface area contributed by atoms with Crippen LogP contribution >= 0.6 is 11.8 Å². The second-order valence-electron chi connectivity index (χ2n) is 7.02. The van der Waals surface area contributed by atoms with Gasteiger partial charge in [-0.3, -0.25) is 9.79 Å². The van der Waals surface area contributed by atoms with Gasteiger partial charge in [-0.15, -0.1) is 0 Å². The number of halogens is 2. The van der Waals surface area contributed by atoms with E-state index in [1.807, 2.05) is 6.20 Å². The van der Waals surface area contributed by atoms with Gasteiger partial charge in [0.2, 0.25) is 0 Å². The smallest absolute Gasteiger partial charge is 0.262 e. The number of carbonyl (C=O) groups is 1. The minimum atomic E-state index is -0.528. The van der Waals surface area contributed by atoms with Gasteiger partial charge < -0.3 is 15.0 Å². The van der Waals surface area contributed by atoms with Crippen molar-refractivity contribution < 1.29 is 18.3 Å². The van der Waals surface area contributed by atoms with E-state index in [1.54, 1.807) is 30.0 Å². The van der Waals surface area contributed by atoms with E-state index < -0.39 is 5.82 Å². The van der Waals surface area contributed by atoms with Crippen LogP contribution in [0.15, 0.2) is 47.6 Å². The number of thioether (sulfide) groups is 1. The maximum atomic E-state index is 14.7. The lowest BCUT2D eigenvalue weighted by molar-refractivity contribution is -0.118. The van der Waals surface area contributed by atoms with E-state index in [0.29, 0.717) is 11.3 Å². The molecule has 1 unspecified atom stereocenters. The third-order valence-corrected chi connectivity index (χ3v) is 6.36. The maximum Gasteiger partial charge on any atom is 0.262 e. The number of ether oxygens (including phenoxy) is 1. The summed E-state index contributed by atoms with van der Waals surface area (Å²) in [5.41, 5.74) is 2.72. The number of fused-ring (bicyclic) bond motifs is 2. The van der Waals surface area contributed by atoms with Crippen molar-refractivity contribution in [3.63, 3.8) is 0 Å². The highest BCUT2D eigenvalue weighted by Crippen LogP contribution is 2.48. The molecule has 0 aromatic heterocycles. The predicted octanol–water partition coefficient (Wildman–Crippen LogP) is 4.19. The van der Waals surface area contributed by atoms with Crippen LogP contribution in [0.25, 0.3) is 5.57 Å². The SMILES string of the molecule is O=C1COc2c(F)cc(C3=CN4CCCN=C4SC3c3ccc(F)cc3)cc2N1. The highest BCUT2D eigenvalue weighted by Gasteiger charge is 2.32. The first-order valence-corrected chi connectivity index (χ1v) is 10.2. The highest BCUT2D eigenvalue weighted by atomic mass is 32.2. The van der Waals surface area contributed by atoms with Gasteiger partial charge in [0, 0.05) is 19.3 Å². The lowest BCUT2D eigenvalue weighted by Gasteiger charge is -2.35. The molecule has 2 aromatic carbocycles. The largest absolute Gasteiger partial charge is 0.478 e. The molecule has 0 saturated carbocycles. The van der Waals surface area contributed by atoms with Crippen LogP contribution in [-0.2, 0) is 4.79 Å². The number of carbonyl (C=O) groups excluding carboxylic acids is 1. The van der Waals surface area contributed by atoms with Crippen LogP contribution in [0.2, 0.25) is 0 Å². The number of amidine groups is 1. The molecule has 148 valence electrons. The molecule has 29 heavy (non-hydrogen) atoms. The Hall–Kier alpha value is -2.87. The van der Waals surface area contributed by atoms with E-state index in [4.69, 9.17) is 4.74 Å². The summed E-state index contributed by atoms with van der Waals surface area (Å²) in [6.07, 6.45) is 2.92. The van der Waals surface area contributed by atoms with Gasteiger partial charge in [-0.1, -0.05) is 23.9 Å². The van der Waals surface area contributed by atoms with Crippen molar-refractivity contribution in [3.05, 3.63) is 65.4 Å². The number of hydrogen-bond donors (Lipinski definition) is 1. The molecule has 3 aliphatic rings. The molecule has 0 spiro atoms. The predicted molar refractivity (Wildman–Crippen MR) is 109 cm³/mol. The first-order chi connectivity index (χ1) is 14.1. The number of rotatable bonds is 2. The van der Waals surface area contributed by atoms with Crippen LogP contribution in [-0.4, -0.2) is 35.7 Å². The molecule has 5 nitrogen and oxygen atoms in total. The average Bonchev–Trinajstić information content (AvgIpc) is 2.73. The third kappa shape index (κ3) is 3.37. The summed E-state index contributed by atoms with van der Waals surface area (Å²) in [6.45, 7) is 1.40. The fourth-order valence-electron chi connectivity index (χ4n) is 3.67. The fraction of sp³-hybridized carbons (Fsp3) is 0.238. The van der Waals surface area contributed by atoms with Crippen molar-refractivity contribution >= 4 is 34.1 Å². The molecule has 1 atom stereocenters. The van der Waals surface area contributed by atoms with E-state index in [2.05, 4.69) is 15.2 Å². The molecular formula is C21H17F2N3O2S. The highest BCUT2D eigenvalue weighted by molar-refractivity contribution is 8.14. The molecule has 0 bridgehead atoms. The molecule has 1 amide bonds. The summed E-state index contributed by atoms with van der Waals surface area (Å²) >= 11 is 1.57. The maximum absolute atomic E-state index is 14.7. The van der Waals surface area contributed by atoms with Crippen molar-refractivity contribution in [1.82, 2.24) is 4.90 Å². The summed E-state index contributed by atoms with van der Waals surface area (Å²) in [7, 11) is 0. The van der Waals surface area contributed by atoms with Crippen LogP contribution < -0.4 is 10.1 Å². The minimum absolute atomic E-state index is 0.0518. The second-order valence-corrected chi connectivity index (χ2v) is 8.09. The zero-order valence-corrected chi connectivity index (χ0v) is 16.1. The molecular weight excluding hydrogens is 396 g/mol. The van der Waals surface area contributed by atoms with Crippen molar-refractivity contribution in [3.8, 4) is 5.75 Å². The summed E-state index contributed by atoms with van der Waals surface area (Å²) in [4.78, 5) is 18.4. The Morgan fingerprint density at radius 3 is 2.86 bits per heavy atom. The number of amides is 1. The zero-order chi connectivity index (χ0) is 20.0. The van der Waals surface area contributed by atoms with Crippen LogP contribution in [0.3, 0.4) is 0 Å². The Balaban J connectivity index is 1.62. The Bertz CT molecular complexity index is 1050. The van der Waals surface area contributed by atoms with E-state index in [9.17, 15) is 13.6 Å². The number of hydrogen-bond acceptors (Lipinski definition) is 5. The molecule has 2 aromatic rings. The Morgan fingerprint density at radius 2 is 2.03 bits per heavy atom. The molecule has 1 N–H and O–H groups in total. The number of nitrogens with one attached hydrogen (secondary N) is 1. The number of nitrogens with zero attached hydrogens (tertiary/aromatic N) is 2. The summed E-state index contributed by atoms with van der Waals surface area (Å²) in [5.74, 6) is -1.10. The lowest BCUT2D eigenvalue weighted by atomic mass is 9.96. The normalized spacial score (nSPS) is 20.7. The second kappa shape index (κ2) is 7.18. The molecule has 5 rings (SSSR count). The number of benzene rings is 2. The molecule has 0 saturated heterocycles. The van der Waals surface area contributed by atoms with Gasteiger partial charge in [-0.05, 0) is 47.4 Å². The van der Waals surface area contributed by atoms with Gasteiger partial charge in [0.25, 0.3) is 5.91 Å². The van der Waals surface area contributed by atoms with Gasteiger partial charge >= 0.3 is 0 Å². The Labute approximate surface area is 170 Å². The molecule has 3 heterocycles. The van der Waals surface area contributed by atoms with E-state index in [1.165, 1.54) is 18.2 Å². The topological polar surface area (TPSA) is 53.9 Å². The first-order valence-electron chi connectivity index (χ1n) is 9.30. The summed E-state index contributed by atoms with van der Waals surface area (Å²) in [5, 5.41) is 3.40. The molecule has 0 fully saturated rings. The lowest BCUT2D eigenvalue weighted by Crippen LogP contribution is -2.33. The molecule has 0 aliphatic carbocycles. The van der Waals surface area contributed by atoms with Gasteiger partial charge in [-0.25, -0.2) is 8.78 Å².